The van der Waals surface area contributed by atoms with E-state index in [9.17, 15) is 13.2 Å². The molecular weight excluding hydrogens is 378 g/mol. The second-order valence-electron chi connectivity index (χ2n) is 5.43. The van der Waals surface area contributed by atoms with E-state index in [1.165, 1.54) is 29.5 Å². The van der Waals surface area contributed by atoms with Crippen LogP contribution in [0.2, 0.25) is 0 Å². The largest absolute Gasteiger partial charge is 0.449 e. The molecule has 1 unspecified atom stereocenters. The number of benzene rings is 1. The lowest BCUT2D eigenvalue weighted by atomic mass is 10.2. The van der Waals surface area contributed by atoms with Gasteiger partial charge in [0.1, 0.15) is 0 Å². The predicted molar refractivity (Wildman–Crippen MR) is 96.4 cm³/mol. The molecule has 3 aromatic rings. The number of carbonyl (C=O) groups excluding carboxylic acids is 1. The van der Waals surface area contributed by atoms with Gasteiger partial charge in [0.2, 0.25) is 10.0 Å². The molecule has 0 bridgehead atoms. The number of aromatic nitrogens is 2. The normalized spacial score (nSPS) is 12.5. The summed E-state index contributed by atoms with van der Waals surface area (Å²) in [5.41, 5.74) is 0.468. The minimum Gasteiger partial charge on any atom is -0.449 e. The van der Waals surface area contributed by atoms with Gasteiger partial charge in [-0.1, -0.05) is 12.1 Å². The molecule has 0 saturated carbocycles. The molecule has 1 atom stereocenters. The van der Waals surface area contributed by atoms with E-state index in [4.69, 9.17) is 9.15 Å². The minimum atomic E-state index is -3.44. The van der Waals surface area contributed by atoms with E-state index in [0.29, 0.717) is 5.89 Å². The van der Waals surface area contributed by atoms with Crippen molar-refractivity contribution in [3.05, 3.63) is 53.2 Å². The highest BCUT2D eigenvalue weighted by Gasteiger charge is 2.20. The number of nitrogens with one attached hydrogen (secondary N) is 1. The lowest BCUT2D eigenvalue weighted by molar-refractivity contribution is 0.0280. The number of rotatable bonds is 6. The third-order valence-electron chi connectivity index (χ3n) is 3.21. The number of hydrogen-bond acceptors (Lipinski definition) is 8. The molecule has 0 saturated heterocycles. The Bertz CT molecular complexity index is 1010. The van der Waals surface area contributed by atoms with Crippen LogP contribution in [0.5, 0.6) is 0 Å². The maximum Gasteiger partial charge on any atom is 0.338 e. The van der Waals surface area contributed by atoms with Crippen molar-refractivity contribution in [2.75, 3.05) is 11.0 Å². The quantitative estimate of drug-likeness (QED) is 0.641. The van der Waals surface area contributed by atoms with Crippen LogP contribution in [-0.2, 0) is 14.8 Å². The van der Waals surface area contributed by atoms with Crippen LogP contribution < -0.4 is 4.72 Å². The van der Waals surface area contributed by atoms with E-state index in [1.807, 2.05) is 17.5 Å². The standard InChI is InChI=1S/C16H15N3O5S2/c1-10(14-17-18-15(24-14)13-7-4-8-25-13)23-16(20)11-5-3-6-12(9-11)19-26(2,21)22/h3-10,19H,1-2H3. The van der Waals surface area contributed by atoms with Crippen LogP contribution in [0.1, 0.15) is 29.3 Å². The van der Waals surface area contributed by atoms with Crippen LogP contribution in [0.15, 0.2) is 46.2 Å². The Balaban J connectivity index is 1.71. The van der Waals surface area contributed by atoms with Crippen LogP contribution in [0, 0.1) is 0 Å². The molecule has 0 aliphatic rings. The van der Waals surface area contributed by atoms with Gasteiger partial charge in [0.25, 0.3) is 11.8 Å². The number of carbonyl (C=O) groups is 1. The van der Waals surface area contributed by atoms with Crippen LogP contribution >= 0.6 is 11.3 Å². The monoisotopic (exact) mass is 393 g/mol. The summed E-state index contributed by atoms with van der Waals surface area (Å²) in [6.07, 6.45) is 0.274. The topological polar surface area (TPSA) is 111 Å². The van der Waals surface area contributed by atoms with Gasteiger partial charge in [-0.2, -0.15) is 0 Å². The van der Waals surface area contributed by atoms with Gasteiger partial charge < -0.3 is 9.15 Å². The zero-order chi connectivity index (χ0) is 18.7. The summed E-state index contributed by atoms with van der Waals surface area (Å²) in [6.45, 7) is 1.61. The Morgan fingerprint density at radius 3 is 2.77 bits per heavy atom. The second kappa shape index (κ2) is 7.26. The molecule has 136 valence electrons. The van der Waals surface area contributed by atoms with Gasteiger partial charge in [-0.3, -0.25) is 4.72 Å². The van der Waals surface area contributed by atoms with Crippen molar-refractivity contribution in [3.63, 3.8) is 0 Å². The average Bonchev–Trinajstić information content (AvgIpc) is 3.24. The zero-order valence-electron chi connectivity index (χ0n) is 13.9. The van der Waals surface area contributed by atoms with Gasteiger partial charge in [0.05, 0.1) is 16.7 Å². The third kappa shape index (κ3) is 4.46. The van der Waals surface area contributed by atoms with E-state index in [2.05, 4.69) is 14.9 Å². The maximum absolute atomic E-state index is 12.3. The number of hydrogen-bond donors (Lipinski definition) is 1. The molecule has 0 spiro atoms. The van der Waals surface area contributed by atoms with Crippen molar-refractivity contribution in [2.24, 2.45) is 0 Å². The molecule has 3 rings (SSSR count). The SMILES string of the molecule is CC(OC(=O)c1cccc(NS(C)(=O)=O)c1)c1nnc(-c2cccs2)o1. The Kier molecular flexibility index (Phi) is 5.05. The average molecular weight is 393 g/mol. The lowest BCUT2D eigenvalue weighted by Crippen LogP contribution is -2.12. The molecule has 8 nitrogen and oxygen atoms in total. The van der Waals surface area contributed by atoms with Gasteiger partial charge in [0, 0.05) is 5.69 Å². The van der Waals surface area contributed by atoms with Crippen molar-refractivity contribution in [3.8, 4) is 10.8 Å². The Morgan fingerprint density at radius 2 is 2.08 bits per heavy atom. The number of sulfonamides is 1. The zero-order valence-corrected chi connectivity index (χ0v) is 15.5. The van der Waals surface area contributed by atoms with E-state index >= 15 is 0 Å². The molecule has 0 radical (unpaired) electrons. The lowest BCUT2D eigenvalue weighted by Gasteiger charge is -2.10. The maximum atomic E-state index is 12.3. The highest BCUT2D eigenvalue weighted by atomic mass is 32.2. The summed E-state index contributed by atoms with van der Waals surface area (Å²) >= 11 is 1.46. The summed E-state index contributed by atoms with van der Waals surface area (Å²) in [6, 6.07) is 9.71. The summed E-state index contributed by atoms with van der Waals surface area (Å²) in [5, 5.41) is 9.73. The summed E-state index contributed by atoms with van der Waals surface area (Å²) in [7, 11) is -3.44. The van der Waals surface area contributed by atoms with Crippen LogP contribution in [0.3, 0.4) is 0 Å². The smallest absolute Gasteiger partial charge is 0.338 e. The Morgan fingerprint density at radius 1 is 1.27 bits per heavy atom. The fourth-order valence-corrected chi connectivity index (χ4v) is 3.30. The van der Waals surface area contributed by atoms with Crippen LogP contribution in [0.4, 0.5) is 5.69 Å². The van der Waals surface area contributed by atoms with Crippen molar-refractivity contribution in [1.29, 1.82) is 0 Å². The number of esters is 1. The first-order valence-corrected chi connectivity index (χ1v) is 10.2. The molecule has 26 heavy (non-hydrogen) atoms. The Labute approximate surface area is 153 Å². The molecule has 2 aromatic heterocycles. The fraction of sp³-hybridized carbons (Fsp3) is 0.188. The molecule has 0 amide bonds. The first-order chi connectivity index (χ1) is 12.3. The molecule has 1 N–H and O–H groups in total. The molecule has 0 aliphatic carbocycles. The van der Waals surface area contributed by atoms with E-state index in [0.717, 1.165) is 11.1 Å². The van der Waals surface area contributed by atoms with Gasteiger partial charge >= 0.3 is 5.97 Å². The molecule has 0 aliphatic heterocycles. The highest BCUT2D eigenvalue weighted by Crippen LogP contribution is 2.26. The van der Waals surface area contributed by atoms with Crippen LogP contribution in [0.25, 0.3) is 10.8 Å². The Hall–Kier alpha value is -2.72. The third-order valence-corrected chi connectivity index (χ3v) is 4.67. The van der Waals surface area contributed by atoms with Crippen molar-refractivity contribution in [2.45, 2.75) is 13.0 Å². The summed E-state index contributed by atoms with van der Waals surface area (Å²) in [5.74, 6) is -0.102. The highest BCUT2D eigenvalue weighted by molar-refractivity contribution is 7.92. The summed E-state index contributed by atoms with van der Waals surface area (Å²) in [4.78, 5) is 13.1. The number of thiophene rings is 1. The van der Waals surface area contributed by atoms with E-state index in [1.54, 1.807) is 13.0 Å². The van der Waals surface area contributed by atoms with Gasteiger partial charge in [-0.25, -0.2) is 13.2 Å². The predicted octanol–water partition coefficient (Wildman–Crippen LogP) is 3.09. The molecule has 0 fully saturated rings. The van der Waals surface area contributed by atoms with E-state index < -0.39 is 22.1 Å². The van der Waals surface area contributed by atoms with Gasteiger partial charge in [0.15, 0.2) is 6.10 Å². The van der Waals surface area contributed by atoms with Gasteiger partial charge in [-0.05, 0) is 36.6 Å². The van der Waals surface area contributed by atoms with Crippen LogP contribution in [-0.4, -0.2) is 30.8 Å². The van der Waals surface area contributed by atoms with Crippen molar-refractivity contribution in [1.82, 2.24) is 10.2 Å². The first-order valence-electron chi connectivity index (χ1n) is 7.48. The number of nitrogens with zero attached hydrogens (tertiary/aromatic N) is 2. The fourth-order valence-electron chi connectivity index (χ4n) is 2.10. The number of anilines is 1. The second-order valence-corrected chi connectivity index (χ2v) is 8.12. The van der Waals surface area contributed by atoms with Crippen molar-refractivity contribution < 1.29 is 22.4 Å². The molecule has 10 heteroatoms. The van der Waals surface area contributed by atoms with Gasteiger partial charge in [-0.15, -0.1) is 21.5 Å². The molecule has 2 heterocycles. The van der Waals surface area contributed by atoms with Crippen molar-refractivity contribution >= 4 is 33.0 Å². The summed E-state index contributed by atoms with van der Waals surface area (Å²) < 4.78 is 35.8. The molecule has 1 aromatic carbocycles. The first kappa shape index (κ1) is 18.1. The van der Waals surface area contributed by atoms with E-state index in [-0.39, 0.29) is 17.1 Å². The number of ether oxygens (including phenoxy) is 1. The minimum absolute atomic E-state index is 0.173. The molecular formula is C16H15N3O5S2.